The summed E-state index contributed by atoms with van der Waals surface area (Å²) in [4.78, 5) is 0. The van der Waals surface area contributed by atoms with Crippen LogP contribution in [0.2, 0.25) is 0 Å². The molecular formula is C26H46O. The van der Waals surface area contributed by atoms with Crippen molar-refractivity contribution in [3.63, 3.8) is 0 Å². The first kappa shape index (κ1) is 20.2. The number of rotatable bonds is 5. The molecule has 0 heterocycles. The van der Waals surface area contributed by atoms with Crippen molar-refractivity contribution in [2.45, 2.75) is 111 Å². The molecule has 0 amide bonds. The Morgan fingerprint density at radius 2 is 1.63 bits per heavy atom. The summed E-state index contributed by atoms with van der Waals surface area (Å²) in [5.41, 5.74) is 0.638. The van der Waals surface area contributed by atoms with Crippen LogP contribution in [0.5, 0.6) is 0 Å². The fourth-order valence-electron chi connectivity index (χ4n) is 8.85. The van der Waals surface area contributed by atoms with Crippen LogP contribution in [0.25, 0.3) is 0 Å². The van der Waals surface area contributed by atoms with Crippen molar-refractivity contribution < 1.29 is 5.11 Å². The molecule has 0 aromatic rings. The average Bonchev–Trinajstić information content (AvgIpc) is 2.98. The third kappa shape index (κ3) is 3.76. The molecule has 0 unspecified atom stereocenters. The first-order chi connectivity index (χ1) is 12.9. The lowest BCUT2D eigenvalue weighted by atomic mass is 9.49. The molecule has 0 aliphatic heterocycles. The molecule has 4 rings (SSSR count). The van der Waals surface area contributed by atoms with Gasteiger partial charge in [0.2, 0.25) is 0 Å². The molecule has 0 bridgehead atoms. The molecule has 4 aliphatic rings. The van der Waals surface area contributed by atoms with Crippen molar-refractivity contribution in [2.24, 2.45) is 52.8 Å². The molecule has 1 N–H and O–H groups in total. The highest BCUT2D eigenvalue weighted by Crippen LogP contribution is 2.65. The van der Waals surface area contributed by atoms with Gasteiger partial charge in [0.1, 0.15) is 0 Å². The van der Waals surface area contributed by atoms with Crippen molar-refractivity contribution in [3.8, 4) is 0 Å². The maximum Gasteiger partial charge on any atom is 0.0543 e. The summed E-state index contributed by atoms with van der Waals surface area (Å²) in [6.45, 7) is 10.0. The van der Waals surface area contributed by atoms with Gasteiger partial charge >= 0.3 is 0 Å². The van der Waals surface area contributed by atoms with E-state index in [0.717, 1.165) is 60.2 Å². The molecule has 27 heavy (non-hydrogen) atoms. The Labute approximate surface area is 169 Å². The quantitative estimate of drug-likeness (QED) is 0.545. The van der Waals surface area contributed by atoms with E-state index in [1.54, 1.807) is 0 Å². The largest absolute Gasteiger partial charge is 0.393 e. The van der Waals surface area contributed by atoms with E-state index in [4.69, 9.17) is 0 Å². The molecule has 0 spiro atoms. The van der Waals surface area contributed by atoms with Crippen molar-refractivity contribution in [1.82, 2.24) is 0 Å². The van der Waals surface area contributed by atoms with E-state index in [2.05, 4.69) is 27.7 Å². The summed E-state index contributed by atoms with van der Waals surface area (Å²) in [5.74, 6) is 7.63. The van der Waals surface area contributed by atoms with Crippen LogP contribution in [-0.4, -0.2) is 11.2 Å². The van der Waals surface area contributed by atoms with Gasteiger partial charge in [0.05, 0.1) is 6.10 Å². The normalized spacial score (nSPS) is 48.0. The van der Waals surface area contributed by atoms with Crippen LogP contribution in [0.1, 0.15) is 105 Å². The highest BCUT2D eigenvalue weighted by molar-refractivity contribution is 5.06. The zero-order valence-electron chi connectivity index (χ0n) is 18.6. The van der Waals surface area contributed by atoms with E-state index >= 15 is 0 Å². The summed E-state index contributed by atoms with van der Waals surface area (Å²) >= 11 is 0. The Morgan fingerprint density at radius 3 is 2.41 bits per heavy atom. The third-order valence-corrected chi connectivity index (χ3v) is 10.1. The Bertz CT molecular complexity index is 498. The molecule has 4 saturated carbocycles. The maximum atomic E-state index is 10.1. The average molecular weight is 375 g/mol. The van der Waals surface area contributed by atoms with Gasteiger partial charge < -0.3 is 5.11 Å². The summed E-state index contributed by atoms with van der Waals surface area (Å²) in [6.07, 6.45) is 16.8. The fourth-order valence-corrected chi connectivity index (χ4v) is 8.85. The lowest BCUT2D eigenvalue weighted by molar-refractivity contribution is -0.0821. The molecule has 4 aliphatic carbocycles. The number of hydrogen-bond acceptors (Lipinski definition) is 1. The molecule has 0 aromatic heterocycles. The van der Waals surface area contributed by atoms with E-state index in [1.165, 1.54) is 64.2 Å². The minimum absolute atomic E-state index is 0.0132. The summed E-state index contributed by atoms with van der Waals surface area (Å²) in [6, 6.07) is 0. The van der Waals surface area contributed by atoms with Crippen LogP contribution in [0.4, 0.5) is 0 Å². The highest BCUT2D eigenvalue weighted by atomic mass is 16.3. The van der Waals surface area contributed by atoms with Gasteiger partial charge in [0.15, 0.2) is 0 Å². The second kappa shape index (κ2) is 8.00. The zero-order valence-corrected chi connectivity index (χ0v) is 18.6. The lowest BCUT2D eigenvalue weighted by Gasteiger charge is -2.56. The van der Waals surface area contributed by atoms with Crippen molar-refractivity contribution in [2.75, 3.05) is 0 Å². The molecule has 1 nitrogen and oxygen atoms in total. The van der Waals surface area contributed by atoms with Crippen molar-refractivity contribution >= 4 is 0 Å². The van der Waals surface area contributed by atoms with Gasteiger partial charge in [-0.05, 0) is 111 Å². The SMILES string of the molecule is CC(C)CCC[C@@H](C)[C@H]1CC[C@H]2[C@@H]3CC[C@H]4C[C@@H](O)CC[C@H]4[C@H]3CC[C@]12C. The molecule has 0 saturated heterocycles. The maximum absolute atomic E-state index is 10.1. The van der Waals surface area contributed by atoms with Gasteiger partial charge in [0, 0.05) is 0 Å². The monoisotopic (exact) mass is 374 g/mol. The Hall–Kier alpha value is -0.0400. The van der Waals surface area contributed by atoms with E-state index in [9.17, 15) is 5.11 Å². The topological polar surface area (TPSA) is 20.2 Å². The van der Waals surface area contributed by atoms with Gasteiger partial charge in [-0.25, -0.2) is 0 Å². The second-order valence-corrected chi connectivity index (χ2v) is 11.9. The number of aliphatic hydroxyl groups excluding tert-OH is 1. The first-order valence-corrected chi connectivity index (χ1v) is 12.6. The van der Waals surface area contributed by atoms with Gasteiger partial charge in [-0.1, -0.05) is 47.0 Å². The first-order valence-electron chi connectivity index (χ1n) is 12.6. The van der Waals surface area contributed by atoms with E-state index in [-0.39, 0.29) is 6.10 Å². The molecule has 0 radical (unpaired) electrons. The number of fused-ring (bicyclic) bond motifs is 5. The molecule has 9 atom stereocenters. The standard InChI is InChI=1S/C26H46O/c1-17(2)6-5-7-18(3)24-12-13-25-23-10-8-19-16-20(27)9-11-21(19)22(23)14-15-26(24,25)4/h17-25,27H,5-16H2,1-4H3/t18-,19+,20+,21-,22-,23-,24-,25+,26-/m1/s1. The third-order valence-electron chi connectivity index (χ3n) is 10.1. The minimum Gasteiger partial charge on any atom is -0.393 e. The zero-order chi connectivity index (χ0) is 19.2. The van der Waals surface area contributed by atoms with E-state index < -0.39 is 0 Å². The summed E-state index contributed by atoms with van der Waals surface area (Å²) in [7, 11) is 0. The van der Waals surface area contributed by atoms with Crippen LogP contribution < -0.4 is 0 Å². The van der Waals surface area contributed by atoms with Gasteiger partial charge in [-0.15, -0.1) is 0 Å². The van der Waals surface area contributed by atoms with Crippen LogP contribution in [-0.2, 0) is 0 Å². The summed E-state index contributed by atoms with van der Waals surface area (Å²) in [5, 5.41) is 10.1. The predicted molar refractivity (Wildman–Crippen MR) is 114 cm³/mol. The van der Waals surface area contributed by atoms with Crippen molar-refractivity contribution in [3.05, 3.63) is 0 Å². The van der Waals surface area contributed by atoms with Crippen LogP contribution in [0, 0.1) is 52.8 Å². The lowest BCUT2D eigenvalue weighted by Crippen LogP contribution is -2.49. The molecule has 4 fully saturated rings. The van der Waals surface area contributed by atoms with Gasteiger partial charge in [0.25, 0.3) is 0 Å². The predicted octanol–water partition coefficient (Wildman–Crippen LogP) is 7.08. The Morgan fingerprint density at radius 1 is 0.852 bits per heavy atom. The van der Waals surface area contributed by atoms with Crippen molar-refractivity contribution in [1.29, 1.82) is 0 Å². The van der Waals surface area contributed by atoms with Crippen LogP contribution >= 0.6 is 0 Å². The molecule has 0 aromatic carbocycles. The Balaban J connectivity index is 1.42. The smallest absolute Gasteiger partial charge is 0.0543 e. The number of aliphatic hydroxyl groups is 1. The molecule has 1 heteroatoms. The summed E-state index contributed by atoms with van der Waals surface area (Å²) < 4.78 is 0. The van der Waals surface area contributed by atoms with Crippen LogP contribution in [0.15, 0.2) is 0 Å². The second-order valence-electron chi connectivity index (χ2n) is 11.9. The fraction of sp³-hybridized carbons (Fsp3) is 1.00. The van der Waals surface area contributed by atoms with E-state index in [1.807, 2.05) is 0 Å². The Kier molecular flexibility index (Phi) is 6.00. The van der Waals surface area contributed by atoms with Gasteiger partial charge in [-0.3, -0.25) is 0 Å². The molecular weight excluding hydrogens is 328 g/mol. The van der Waals surface area contributed by atoms with E-state index in [0.29, 0.717) is 5.41 Å². The molecule has 156 valence electrons. The minimum atomic E-state index is 0.0132. The highest BCUT2D eigenvalue weighted by Gasteiger charge is 2.57. The number of hydrogen-bond donors (Lipinski definition) is 1. The van der Waals surface area contributed by atoms with Crippen LogP contribution in [0.3, 0.4) is 0 Å². The van der Waals surface area contributed by atoms with Gasteiger partial charge in [-0.2, -0.15) is 0 Å².